The second-order valence-electron chi connectivity index (χ2n) is 5.64. The van der Waals surface area contributed by atoms with Gasteiger partial charge in [0, 0.05) is 6.20 Å². The molecule has 0 saturated heterocycles. The van der Waals surface area contributed by atoms with E-state index >= 15 is 0 Å². The first-order chi connectivity index (χ1) is 13.4. The van der Waals surface area contributed by atoms with Gasteiger partial charge in [0.15, 0.2) is 0 Å². The number of hydrogen-bond acceptors (Lipinski definition) is 6. The molecule has 3 heterocycles. The van der Waals surface area contributed by atoms with Gasteiger partial charge < -0.3 is 8.98 Å². The van der Waals surface area contributed by atoms with E-state index in [1.807, 2.05) is 6.07 Å². The van der Waals surface area contributed by atoms with E-state index in [2.05, 4.69) is 20.2 Å². The number of fused-ring (bicyclic) bond motifs is 1. The van der Waals surface area contributed by atoms with Crippen LogP contribution in [0.1, 0.15) is 17.3 Å². The molecule has 0 atom stereocenters. The van der Waals surface area contributed by atoms with Gasteiger partial charge in [-0.1, -0.05) is 17.7 Å². The number of halogens is 4. The fourth-order valence-corrected chi connectivity index (χ4v) is 2.91. The summed E-state index contributed by atoms with van der Waals surface area (Å²) in [5, 5.41) is 16.5. The van der Waals surface area contributed by atoms with E-state index in [4.69, 9.17) is 21.3 Å². The average molecular weight is 405 g/mol. The summed E-state index contributed by atoms with van der Waals surface area (Å²) >= 11 is 6.04. The summed E-state index contributed by atoms with van der Waals surface area (Å²) < 4.78 is 46.8. The van der Waals surface area contributed by atoms with Crippen molar-refractivity contribution in [1.29, 1.82) is 5.26 Å². The lowest BCUT2D eigenvalue weighted by atomic mass is 10.2. The van der Waals surface area contributed by atoms with Crippen LogP contribution in [0.4, 0.5) is 13.2 Å². The Hall–Kier alpha value is -3.45. The minimum atomic E-state index is -4.75. The normalized spacial score (nSPS) is 11.7. The second-order valence-corrected chi connectivity index (χ2v) is 6.02. The summed E-state index contributed by atoms with van der Waals surface area (Å²) in [4.78, 5) is 7.66. The van der Waals surface area contributed by atoms with Crippen molar-refractivity contribution in [3.8, 4) is 17.7 Å². The van der Waals surface area contributed by atoms with Gasteiger partial charge in [0.25, 0.3) is 5.89 Å². The van der Waals surface area contributed by atoms with E-state index in [1.165, 1.54) is 18.3 Å². The number of alkyl halides is 3. The number of imidazole rings is 1. The Morgan fingerprint density at radius 2 is 2.00 bits per heavy atom. The number of hydrogen-bond donors (Lipinski definition) is 0. The molecule has 0 bridgehead atoms. The van der Waals surface area contributed by atoms with Crippen molar-refractivity contribution in [3.63, 3.8) is 0 Å². The number of benzene rings is 1. The van der Waals surface area contributed by atoms with Crippen LogP contribution in [0.3, 0.4) is 0 Å². The molecule has 4 aromatic rings. The van der Waals surface area contributed by atoms with Crippen LogP contribution in [0.5, 0.6) is 0 Å². The van der Waals surface area contributed by atoms with Crippen LogP contribution >= 0.6 is 11.6 Å². The number of nitriles is 1. The van der Waals surface area contributed by atoms with Crippen molar-refractivity contribution in [3.05, 3.63) is 58.8 Å². The highest BCUT2D eigenvalue weighted by molar-refractivity contribution is 6.36. The zero-order valence-corrected chi connectivity index (χ0v) is 14.5. The van der Waals surface area contributed by atoms with Crippen molar-refractivity contribution in [2.45, 2.75) is 12.7 Å². The van der Waals surface area contributed by atoms with Gasteiger partial charge in [0.05, 0.1) is 16.1 Å². The standard InChI is InChI=1S/C17H8ClF3N6O/c18-13-9(7-22)4-5-11-14(13)24-16(17(19,20)21)27(11)8-12-25-26-15(28-12)10-3-1-2-6-23-10/h1-6H,8H2. The molecule has 28 heavy (non-hydrogen) atoms. The molecular weight excluding hydrogens is 397 g/mol. The first-order valence-electron chi connectivity index (χ1n) is 7.78. The molecule has 7 nitrogen and oxygen atoms in total. The molecule has 4 rings (SSSR count). The monoisotopic (exact) mass is 404 g/mol. The summed E-state index contributed by atoms with van der Waals surface area (Å²) in [6, 6.07) is 9.54. The smallest absolute Gasteiger partial charge is 0.417 e. The Labute approximate surface area is 160 Å². The molecule has 0 amide bonds. The molecule has 0 spiro atoms. The lowest BCUT2D eigenvalue weighted by molar-refractivity contribution is -0.146. The van der Waals surface area contributed by atoms with Crippen molar-refractivity contribution in [2.24, 2.45) is 0 Å². The Bertz CT molecular complexity index is 1210. The van der Waals surface area contributed by atoms with Crippen LogP contribution < -0.4 is 0 Å². The highest BCUT2D eigenvalue weighted by Crippen LogP contribution is 2.35. The quantitative estimate of drug-likeness (QED) is 0.511. The Morgan fingerprint density at radius 1 is 1.18 bits per heavy atom. The predicted octanol–water partition coefficient (Wildman–Crippen LogP) is 4.07. The highest BCUT2D eigenvalue weighted by atomic mass is 35.5. The van der Waals surface area contributed by atoms with Gasteiger partial charge in [-0.3, -0.25) is 4.98 Å². The van der Waals surface area contributed by atoms with Gasteiger partial charge in [-0.05, 0) is 24.3 Å². The molecule has 1 aromatic carbocycles. The third-order valence-electron chi connectivity index (χ3n) is 3.88. The number of nitrogens with zero attached hydrogens (tertiary/aromatic N) is 6. The summed E-state index contributed by atoms with van der Waals surface area (Å²) in [5.74, 6) is -1.17. The summed E-state index contributed by atoms with van der Waals surface area (Å²) in [5.41, 5.74) is 0.392. The van der Waals surface area contributed by atoms with Gasteiger partial charge in [0.1, 0.15) is 23.8 Å². The van der Waals surface area contributed by atoms with Crippen LogP contribution in [-0.4, -0.2) is 24.7 Å². The Balaban J connectivity index is 1.81. The molecule has 11 heteroatoms. The number of rotatable bonds is 3. The maximum absolute atomic E-state index is 13.5. The van der Waals surface area contributed by atoms with E-state index in [1.54, 1.807) is 18.2 Å². The van der Waals surface area contributed by atoms with Crippen molar-refractivity contribution >= 4 is 22.6 Å². The van der Waals surface area contributed by atoms with Crippen LogP contribution in [0.2, 0.25) is 5.02 Å². The van der Waals surface area contributed by atoms with E-state index in [0.29, 0.717) is 5.69 Å². The van der Waals surface area contributed by atoms with E-state index < -0.39 is 12.0 Å². The largest absolute Gasteiger partial charge is 0.449 e. The van der Waals surface area contributed by atoms with Gasteiger partial charge in [-0.25, -0.2) is 4.98 Å². The highest BCUT2D eigenvalue weighted by Gasteiger charge is 2.38. The van der Waals surface area contributed by atoms with Crippen LogP contribution in [0.15, 0.2) is 40.9 Å². The molecule has 3 aromatic heterocycles. The third kappa shape index (κ3) is 3.05. The molecule has 0 aliphatic rings. The fourth-order valence-electron chi connectivity index (χ4n) is 2.67. The molecule has 0 saturated carbocycles. The predicted molar refractivity (Wildman–Crippen MR) is 91.1 cm³/mol. The average Bonchev–Trinajstić information content (AvgIpc) is 3.29. The van der Waals surface area contributed by atoms with Crippen molar-refractivity contribution in [2.75, 3.05) is 0 Å². The Kier molecular flexibility index (Phi) is 4.24. The molecule has 0 aliphatic carbocycles. The van der Waals surface area contributed by atoms with Crippen LogP contribution in [0, 0.1) is 11.3 Å². The van der Waals surface area contributed by atoms with Crippen LogP contribution in [-0.2, 0) is 12.7 Å². The minimum Gasteiger partial charge on any atom is -0.417 e. The number of aromatic nitrogens is 5. The Morgan fingerprint density at radius 3 is 2.68 bits per heavy atom. The first-order valence-corrected chi connectivity index (χ1v) is 8.16. The van der Waals surface area contributed by atoms with Crippen LogP contribution in [0.25, 0.3) is 22.6 Å². The van der Waals surface area contributed by atoms with Crippen molar-refractivity contribution < 1.29 is 17.6 Å². The molecule has 0 radical (unpaired) electrons. The van der Waals surface area contributed by atoms with Gasteiger partial charge in [-0.15, -0.1) is 10.2 Å². The zero-order valence-electron chi connectivity index (χ0n) is 13.8. The zero-order chi connectivity index (χ0) is 19.9. The van der Waals surface area contributed by atoms with Gasteiger partial charge in [0.2, 0.25) is 11.7 Å². The molecular formula is C17H8ClF3N6O. The van der Waals surface area contributed by atoms with Gasteiger partial charge in [-0.2, -0.15) is 18.4 Å². The second kappa shape index (κ2) is 6.61. The van der Waals surface area contributed by atoms with E-state index in [9.17, 15) is 13.2 Å². The minimum absolute atomic E-state index is 0.0303. The lowest BCUT2D eigenvalue weighted by Gasteiger charge is -2.09. The summed E-state index contributed by atoms with van der Waals surface area (Å²) in [7, 11) is 0. The number of pyridine rings is 1. The molecule has 0 aliphatic heterocycles. The topological polar surface area (TPSA) is 93.4 Å². The molecule has 140 valence electrons. The first kappa shape index (κ1) is 17.9. The maximum atomic E-state index is 13.5. The SMILES string of the molecule is N#Cc1ccc2c(nc(C(F)(F)F)n2Cc2nnc(-c3ccccn3)o2)c1Cl. The summed E-state index contributed by atoms with van der Waals surface area (Å²) in [6.45, 7) is -0.382. The van der Waals surface area contributed by atoms with Gasteiger partial charge >= 0.3 is 6.18 Å². The summed E-state index contributed by atoms with van der Waals surface area (Å²) in [6.07, 6.45) is -3.22. The molecule has 0 fully saturated rings. The van der Waals surface area contributed by atoms with Crippen molar-refractivity contribution in [1.82, 2.24) is 24.7 Å². The lowest BCUT2D eigenvalue weighted by Crippen LogP contribution is -2.15. The van der Waals surface area contributed by atoms with E-state index in [0.717, 1.165) is 4.57 Å². The third-order valence-corrected chi connectivity index (χ3v) is 4.26. The van der Waals surface area contributed by atoms with E-state index in [-0.39, 0.29) is 39.9 Å². The fraction of sp³-hybridized carbons (Fsp3) is 0.118. The maximum Gasteiger partial charge on any atom is 0.449 e. The molecule has 0 N–H and O–H groups in total. The molecule has 0 unspecified atom stereocenters.